The van der Waals surface area contributed by atoms with E-state index in [9.17, 15) is 0 Å². The minimum atomic E-state index is 0.460. The molecule has 1 aliphatic carbocycles. The van der Waals surface area contributed by atoms with Crippen LogP contribution in [0.4, 0.5) is 0 Å². The summed E-state index contributed by atoms with van der Waals surface area (Å²) < 4.78 is 0. The van der Waals surface area contributed by atoms with Crippen LogP contribution in [0.25, 0.3) is 0 Å². The highest BCUT2D eigenvalue weighted by Crippen LogP contribution is 2.46. The molecule has 2 N–H and O–H groups in total. The van der Waals surface area contributed by atoms with Crippen molar-refractivity contribution in [2.24, 2.45) is 22.5 Å². The molecule has 0 spiro atoms. The fourth-order valence-electron chi connectivity index (χ4n) is 2.57. The highest BCUT2D eigenvalue weighted by atomic mass is 14.6. The molecule has 1 fully saturated rings. The Bertz CT molecular complexity index is 180. The van der Waals surface area contributed by atoms with Gasteiger partial charge in [0.2, 0.25) is 0 Å². The summed E-state index contributed by atoms with van der Waals surface area (Å²) in [6.07, 6.45) is 6.63. The zero-order valence-electron chi connectivity index (χ0n) is 10.4. The molecule has 84 valence electrons. The highest BCUT2D eigenvalue weighted by molar-refractivity contribution is 4.89. The molecular weight excluding hydrogens is 170 g/mol. The van der Waals surface area contributed by atoms with Crippen LogP contribution in [-0.2, 0) is 0 Å². The van der Waals surface area contributed by atoms with E-state index in [1.165, 1.54) is 32.1 Å². The second-order valence-electron chi connectivity index (χ2n) is 5.99. The van der Waals surface area contributed by atoms with Crippen LogP contribution < -0.4 is 5.73 Å². The molecule has 1 saturated carbocycles. The van der Waals surface area contributed by atoms with Crippen LogP contribution in [0.15, 0.2) is 0 Å². The number of rotatable bonds is 2. The largest absolute Gasteiger partial charge is 0.330 e. The normalized spacial score (nSPS) is 37.9. The fourth-order valence-corrected chi connectivity index (χ4v) is 2.57. The second-order valence-corrected chi connectivity index (χ2v) is 5.99. The molecule has 0 amide bonds. The van der Waals surface area contributed by atoms with E-state index in [0.29, 0.717) is 10.8 Å². The minimum Gasteiger partial charge on any atom is -0.330 e. The van der Waals surface area contributed by atoms with E-state index in [0.717, 1.165) is 12.5 Å². The molecule has 0 bridgehead atoms. The molecule has 0 aliphatic heterocycles. The van der Waals surface area contributed by atoms with Gasteiger partial charge < -0.3 is 5.73 Å². The average Bonchev–Trinajstić information content (AvgIpc) is 2.28. The van der Waals surface area contributed by atoms with Crippen molar-refractivity contribution in [3.63, 3.8) is 0 Å². The van der Waals surface area contributed by atoms with E-state index in [1.807, 2.05) is 0 Å². The van der Waals surface area contributed by atoms with Gasteiger partial charge in [0.05, 0.1) is 0 Å². The van der Waals surface area contributed by atoms with Crippen LogP contribution >= 0.6 is 0 Å². The van der Waals surface area contributed by atoms with Gasteiger partial charge in [-0.15, -0.1) is 0 Å². The third-order valence-corrected chi connectivity index (χ3v) is 4.92. The maximum atomic E-state index is 5.95. The highest BCUT2D eigenvalue weighted by Gasteiger charge is 2.36. The molecule has 0 saturated heterocycles. The Balaban J connectivity index is 2.73. The van der Waals surface area contributed by atoms with Crippen molar-refractivity contribution in [1.82, 2.24) is 0 Å². The zero-order valence-corrected chi connectivity index (χ0v) is 10.4. The molecule has 1 unspecified atom stereocenters. The van der Waals surface area contributed by atoms with Gasteiger partial charge in [0.15, 0.2) is 0 Å². The Morgan fingerprint density at radius 2 is 1.86 bits per heavy atom. The maximum absolute atomic E-state index is 5.95. The summed E-state index contributed by atoms with van der Waals surface area (Å²) in [4.78, 5) is 0. The molecule has 1 rings (SSSR count). The van der Waals surface area contributed by atoms with Crippen molar-refractivity contribution in [2.45, 2.75) is 59.8 Å². The van der Waals surface area contributed by atoms with Gasteiger partial charge in [-0.1, -0.05) is 27.7 Å². The lowest BCUT2D eigenvalue weighted by Gasteiger charge is -2.31. The van der Waals surface area contributed by atoms with E-state index in [4.69, 9.17) is 5.73 Å². The first-order chi connectivity index (χ1) is 6.46. The van der Waals surface area contributed by atoms with Crippen molar-refractivity contribution in [3.05, 3.63) is 0 Å². The molecule has 0 radical (unpaired) electrons. The summed E-state index contributed by atoms with van der Waals surface area (Å²) in [5.74, 6) is 0.850. The molecular formula is C13H27N. The Morgan fingerprint density at radius 1 is 1.21 bits per heavy atom. The molecule has 0 aromatic carbocycles. The first-order valence-electron chi connectivity index (χ1n) is 6.16. The molecule has 0 aromatic heterocycles. The third-order valence-electron chi connectivity index (χ3n) is 4.92. The summed E-state index contributed by atoms with van der Waals surface area (Å²) in [6.45, 7) is 10.4. The monoisotopic (exact) mass is 197 g/mol. The molecule has 14 heavy (non-hydrogen) atoms. The molecule has 1 nitrogen and oxygen atoms in total. The maximum Gasteiger partial charge on any atom is -0.00206 e. The van der Waals surface area contributed by atoms with Crippen molar-refractivity contribution in [1.29, 1.82) is 0 Å². The first kappa shape index (κ1) is 12.0. The summed E-state index contributed by atoms with van der Waals surface area (Å²) in [7, 11) is 0. The van der Waals surface area contributed by atoms with Gasteiger partial charge in [-0.05, 0) is 55.4 Å². The number of hydrogen-bond donors (Lipinski definition) is 1. The second kappa shape index (κ2) is 4.22. The van der Waals surface area contributed by atoms with Gasteiger partial charge in [0, 0.05) is 0 Å². The average molecular weight is 197 g/mol. The first-order valence-corrected chi connectivity index (χ1v) is 6.16. The van der Waals surface area contributed by atoms with E-state index < -0.39 is 0 Å². The molecule has 2 atom stereocenters. The van der Waals surface area contributed by atoms with Crippen LogP contribution in [0.5, 0.6) is 0 Å². The lowest BCUT2D eigenvalue weighted by molar-refractivity contribution is 0.206. The van der Waals surface area contributed by atoms with Crippen LogP contribution in [0.3, 0.4) is 0 Å². The van der Waals surface area contributed by atoms with Gasteiger partial charge in [0.25, 0.3) is 0 Å². The van der Waals surface area contributed by atoms with Crippen molar-refractivity contribution >= 4 is 0 Å². The van der Waals surface area contributed by atoms with Gasteiger partial charge in [-0.3, -0.25) is 0 Å². The van der Waals surface area contributed by atoms with Gasteiger partial charge in [-0.2, -0.15) is 0 Å². The SMILES string of the molecule is CCC1(CN)CC[C@@H](C)C(C)(C)CC1. The van der Waals surface area contributed by atoms with E-state index >= 15 is 0 Å². The Hall–Kier alpha value is -0.0400. The number of hydrogen-bond acceptors (Lipinski definition) is 1. The van der Waals surface area contributed by atoms with Crippen molar-refractivity contribution in [2.75, 3.05) is 6.54 Å². The van der Waals surface area contributed by atoms with Gasteiger partial charge in [0.1, 0.15) is 0 Å². The van der Waals surface area contributed by atoms with Gasteiger partial charge in [-0.25, -0.2) is 0 Å². The molecule has 0 aromatic rings. The smallest absolute Gasteiger partial charge is 0.00206 e. The topological polar surface area (TPSA) is 26.0 Å². The van der Waals surface area contributed by atoms with E-state index in [2.05, 4.69) is 27.7 Å². The molecule has 1 heteroatoms. The van der Waals surface area contributed by atoms with Crippen molar-refractivity contribution < 1.29 is 0 Å². The van der Waals surface area contributed by atoms with Crippen molar-refractivity contribution in [3.8, 4) is 0 Å². The van der Waals surface area contributed by atoms with Crippen LogP contribution in [0, 0.1) is 16.7 Å². The fraction of sp³-hybridized carbons (Fsp3) is 1.00. The Kier molecular flexibility index (Phi) is 3.63. The summed E-state index contributed by atoms with van der Waals surface area (Å²) in [5, 5.41) is 0. The van der Waals surface area contributed by atoms with Gasteiger partial charge >= 0.3 is 0 Å². The molecule has 1 aliphatic rings. The predicted octanol–water partition coefficient (Wildman–Crippen LogP) is 3.58. The molecule has 0 heterocycles. The minimum absolute atomic E-state index is 0.460. The standard InChI is InChI=1S/C13H27N/c1-5-13(10-14)7-6-11(2)12(3,4)8-9-13/h11H,5-10,14H2,1-4H3/t11-,13?/m1/s1. The third kappa shape index (κ3) is 2.31. The van der Waals surface area contributed by atoms with E-state index in [-0.39, 0.29) is 0 Å². The summed E-state index contributed by atoms with van der Waals surface area (Å²) in [6, 6.07) is 0. The van der Waals surface area contributed by atoms with Crippen LogP contribution in [0.1, 0.15) is 59.8 Å². The zero-order chi connectivity index (χ0) is 10.8. The van der Waals surface area contributed by atoms with E-state index in [1.54, 1.807) is 0 Å². The lowest BCUT2D eigenvalue weighted by atomic mass is 9.75. The summed E-state index contributed by atoms with van der Waals surface area (Å²) in [5.41, 5.74) is 6.93. The Morgan fingerprint density at radius 3 is 2.36 bits per heavy atom. The lowest BCUT2D eigenvalue weighted by Crippen LogP contribution is -2.29. The Labute approximate surface area is 89.5 Å². The number of nitrogens with two attached hydrogens (primary N) is 1. The quantitative estimate of drug-likeness (QED) is 0.673. The van der Waals surface area contributed by atoms with Crippen LogP contribution in [-0.4, -0.2) is 6.54 Å². The van der Waals surface area contributed by atoms with Crippen LogP contribution in [0.2, 0.25) is 0 Å². The predicted molar refractivity (Wildman–Crippen MR) is 63.2 cm³/mol. The summed E-state index contributed by atoms with van der Waals surface area (Å²) >= 11 is 0.